The van der Waals surface area contributed by atoms with Crippen molar-refractivity contribution in [2.24, 2.45) is 16.5 Å². The van der Waals surface area contributed by atoms with E-state index in [0.717, 1.165) is 10.0 Å². The molecular weight excluding hydrogens is 270 g/mol. The fraction of sp³-hybridized carbons (Fsp3) is 0.0909. The third kappa shape index (κ3) is 3.86. The van der Waals surface area contributed by atoms with Gasteiger partial charge in [0.2, 0.25) is 0 Å². The van der Waals surface area contributed by atoms with E-state index in [1.807, 2.05) is 24.3 Å². The molecule has 0 aliphatic carbocycles. The van der Waals surface area contributed by atoms with Crippen LogP contribution in [0.4, 0.5) is 0 Å². The molecule has 84 valence electrons. The molecule has 0 aliphatic heterocycles. The van der Waals surface area contributed by atoms with Crippen LogP contribution in [-0.2, 0) is 4.79 Å². The van der Waals surface area contributed by atoms with Crippen LogP contribution in [0.25, 0.3) is 6.08 Å². The van der Waals surface area contributed by atoms with E-state index < -0.39 is 5.91 Å². The van der Waals surface area contributed by atoms with Crippen LogP contribution in [0.3, 0.4) is 0 Å². The number of halogens is 1. The van der Waals surface area contributed by atoms with Crippen molar-refractivity contribution < 1.29 is 4.79 Å². The van der Waals surface area contributed by atoms with Crippen LogP contribution in [-0.4, -0.2) is 11.9 Å². The molecular formula is C11H12BrN3O. The summed E-state index contributed by atoms with van der Waals surface area (Å²) in [4.78, 5) is 14.8. The highest BCUT2D eigenvalue weighted by Crippen LogP contribution is 2.13. The highest BCUT2D eigenvalue weighted by Gasteiger charge is 2.02. The number of benzene rings is 1. The average Bonchev–Trinajstić information content (AvgIpc) is 2.20. The third-order valence-electron chi connectivity index (χ3n) is 1.82. The summed E-state index contributed by atoms with van der Waals surface area (Å²) in [6.07, 6.45) is 1.72. The molecule has 0 aromatic heterocycles. The molecule has 1 aromatic rings. The molecule has 0 saturated carbocycles. The molecule has 5 heteroatoms. The molecule has 1 aromatic carbocycles. The van der Waals surface area contributed by atoms with E-state index in [0.29, 0.717) is 5.57 Å². The number of hydrogen-bond donors (Lipinski definition) is 2. The first-order valence-electron chi connectivity index (χ1n) is 4.57. The third-order valence-corrected chi connectivity index (χ3v) is 2.35. The molecule has 0 bridgehead atoms. The van der Waals surface area contributed by atoms with Crippen LogP contribution < -0.4 is 11.5 Å². The Morgan fingerprint density at radius 3 is 2.38 bits per heavy atom. The van der Waals surface area contributed by atoms with Gasteiger partial charge in [-0.2, -0.15) is 4.99 Å². The lowest BCUT2D eigenvalue weighted by Gasteiger charge is -1.97. The minimum atomic E-state index is -0.428. The first-order valence-corrected chi connectivity index (χ1v) is 5.36. The van der Waals surface area contributed by atoms with Crippen molar-refractivity contribution in [1.82, 2.24) is 0 Å². The number of rotatable bonds is 2. The number of guanidine groups is 1. The van der Waals surface area contributed by atoms with E-state index in [1.54, 1.807) is 13.0 Å². The standard InChI is InChI=1S/C11H12BrN3O/c1-7(10(16)15-11(13)14)6-8-2-4-9(12)5-3-8/h2-6H,1H3,(H4,13,14,15,16)/b7-6+. The van der Waals surface area contributed by atoms with Crippen LogP contribution >= 0.6 is 15.9 Å². The monoisotopic (exact) mass is 281 g/mol. The largest absolute Gasteiger partial charge is 0.370 e. The minimum absolute atomic E-state index is 0.228. The summed E-state index contributed by atoms with van der Waals surface area (Å²) in [5.41, 5.74) is 11.6. The Kier molecular flexibility index (Phi) is 4.25. The van der Waals surface area contributed by atoms with Crippen LogP contribution in [0.1, 0.15) is 12.5 Å². The molecule has 0 fully saturated rings. The molecule has 0 spiro atoms. The maximum atomic E-state index is 11.4. The molecule has 4 nitrogen and oxygen atoms in total. The van der Waals surface area contributed by atoms with Gasteiger partial charge in [-0.25, -0.2) is 0 Å². The van der Waals surface area contributed by atoms with Crippen molar-refractivity contribution in [1.29, 1.82) is 0 Å². The van der Waals surface area contributed by atoms with E-state index in [1.165, 1.54) is 0 Å². The number of hydrogen-bond acceptors (Lipinski definition) is 1. The first-order chi connectivity index (χ1) is 7.49. The van der Waals surface area contributed by atoms with E-state index >= 15 is 0 Å². The van der Waals surface area contributed by atoms with Gasteiger partial charge in [-0.05, 0) is 30.7 Å². The van der Waals surface area contributed by atoms with Gasteiger partial charge in [0.15, 0.2) is 5.96 Å². The van der Waals surface area contributed by atoms with Gasteiger partial charge in [0, 0.05) is 10.0 Å². The molecule has 0 unspecified atom stereocenters. The number of nitrogens with zero attached hydrogens (tertiary/aromatic N) is 1. The number of nitrogens with two attached hydrogens (primary N) is 2. The van der Waals surface area contributed by atoms with Crippen LogP contribution in [0.5, 0.6) is 0 Å². The van der Waals surface area contributed by atoms with Gasteiger partial charge in [0.05, 0.1) is 0 Å². The summed E-state index contributed by atoms with van der Waals surface area (Å²) in [7, 11) is 0. The van der Waals surface area contributed by atoms with Crippen molar-refractivity contribution in [3.63, 3.8) is 0 Å². The van der Waals surface area contributed by atoms with E-state index in [2.05, 4.69) is 20.9 Å². The number of carbonyl (C=O) groups excluding carboxylic acids is 1. The zero-order chi connectivity index (χ0) is 12.1. The second-order valence-corrected chi connectivity index (χ2v) is 4.14. The Balaban J connectivity index is 2.88. The lowest BCUT2D eigenvalue weighted by atomic mass is 10.1. The van der Waals surface area contributed by atoms with Crippen LogP contribution in [0.15, 0.2) is 39.3 Å². The molecule has 0 atom stereocenters. The fourth-order valence-electron chi connectivity index (χ4n) is 1.08. The van der Waals surface area contributed by atoms with Gasteiger partial charge >= 0.3 is 0 Å². The van der Waals surface area contributed by atoms with Gasteiger partial charge in [0.1, 0.15) is 0 Å². The zero-order valence-electron chi connectivity index (χ0n) is 8.77. The minimum Gasteiger partial charge on any atom is -0.370 e. The smallest absolute Gasteiger partial charge is 0.275 e. The summed E-state index contributed by atoms with van der Waals surface area (Å²) < 4.78 is 0.984. The normalized spacial score (nSPS) is 11.0. The molecule has 1 rings (SSSR count). The molecule has 0 heterocycles. The van der Waals surface area contributed by atoms with Gasteiger partial charge in [-0.3, -0.25) is 4.79 Å². The van der Waals surface area contributed by atoms with Gasteiger partial charge < -0.3 is 11.5 Å². The molecule has 0 saturated heterocycles. The van der Waals surface area contributed by atoms with E-state index in [-0.39, 0.29) is 5.96 Å². The molecule has 16 heavy (non-hydrogen) atoms. The molecule has 0 radical (unpaired) electrons. The summed E-state index contributed by atoms with van der Waals surface area (Å²) in [5, 5.41) is 0. The summed E-state index contributed by atoms with van der Waals surface area (Å²) in [5.74, 6) is -0.656. The van der Waals surface area contributed by atoms with Crippen molar-refractivity contribution >= 4 is 33.9 Å². The second kappa shape index (κ2) is 5.46. The van der Waals surface area contributed by atoms with Crippen molar-refractivity contribution in [3.05, 3.63) is 39.9 Å². The predicted molar refractivity (Wildman–Crippen MR) is 68.6 cm³/mol. The van der Waals surface area contributed by atoms with Gasteiger partial charge in [-0.15, -0.1) is 0 Å². The maximum absolute atomic E-state index is 11.4. The van der Waals surface area contributed by atoms with E-state index in [9.17, 15) is 4.79 Å². The molecule has 1 amide bonds. The number of amides is 1. The summed E-state index contributed by atoms with van der Waals surface area (Å²) in [6, 6.07) is 7.56. The second-order valence-electron chi connectivity index (χ2n) is 3.22. The summed E-state index contributed by atoms with van der Waals surface area (Å²) in [6.45, 7) is 1.66. The zero-order valence-corrected chi connectivity index (χ0v) is 10.4. The number of carbonyl (C=O) groups is 1. The first kappa shape index (κ1) is 12.4. The number of aliphatic imine (C=N–C) groups is 1. The van der Waals surface area contributed by atoms with Gasteiger partial charge in [0.25, 0.3) is 5.91 Å². The fourth-order valence-corrected chi connectivity index (χ4v) is 1.34. The van der Waals surface area contributed by atoms with Crippen molar-refractivity contribution in [2.45, 2.75) is 6.92 Å². The Labute approximate surface area is 102 Å². The quantitative estimate of drug-likeness (QED) is 0.491. The lowest BCUT2D eigenvalue weighted by Crippen LogP contribution is -2.24. The Bertz CT molecular complexity index is 445. The van der Waals surface area contributed by atoms with Gasteiger partial charge in [-0.1, -0.05) is 28.1 Å². The Morgan fingerprint density at radius 2 is 1.88 bits per heavy atom. The molecule has 0 aliphatic rings. The Morgan fingerprint density at radius 1 is 1.31 bits per heavy atom. The van der Waals surface area contributed by atoms with Crippen LogP contribution in [0.2, 0.25) is 0 Å². The van der Waals surface area contributed by atoms with Crippen LogP contribution in [0, 0.1) is 0 Å². The van der Waals surface area contributed by atoms with Crippen molar-refractivity contribution in [2.75, 3.05) is 0 Å². The Hall–Kier alpha value is -1.62. The highest BCUT2D eigenvalue weighted by molar-refractivity contribution is 9.10. The SMILES string of the molecule is C/C(=C\c1ccc(Br)cc1)C(=O)N=C(N)N. The van der Waals surface area contributed by atoms with Crippen molar-refractivity contribution in [3.8, 4) is 0 Å². The lowest BCUT2D eigenvalue weighted by molar-refractivity contribution is -0.114. The van der Waals surface area contributed by atoms with E-state index in [4.69, 9.17) is 11.5 Å². The summed E-state index contributed by atoms with van der Waals surface area (Å²) >= 11 is 3.33. The average molecular weight is 282 g/mol. The molecule has 4 N–H and O–H groups in total. The topological polar surface area (TPSA) is 81.5 Å². The predicted octanol–water partition coefficient (Wildman–Crippen LogP) is 1.65. The highest BCUT2D eigenvalue weighted by atomic mass is 79.9. The maximum Gasteiger partial charge on any atom is 0.275 e.